The maximum atomic E-state index is 12.1. The first-order chi connectivity index (χ1) is 10.1. The molecule has 1 fully saturated rings. The third-order valence-corrected chi connectivity index (χ3v) is 4.38. The van der Waals surface area contributed by atoms with E-state index >= 15 is 0 Å². The molecular weight excluding hydrogens is 272 g/mol. The number of hydrogen-bond donors (Lipinski definition) is 2. The molecule has 2 N–H and O–H groups in total. The van der Waals surface area contributed by atoms with Crippen molar-refractivity contribution in [1.82, 2.24) is 20.4 Å². The molecule has 1 aromatic rings. The molecule has 7 heteroatoms. The zero-order chi connectivity index (χ0) is 15.3. The van der Waals surface area contributed by atoms with E-state index in [1.807, 2.05) is 4.90 Å². The Labute approximate surface area is 124 Å². The van der Waals surface area contributed by atoms with E-state index < -0.39 is 0 Å². The van der Waals surface area contributed by atoms with E-state index in [1.165, 1.54) is 0 Å². The normalized spacial score (nSPS) is 17.8. The summed E-state index contributed by atoms with van der Waals surface area (Å²) in [4.78, 5) is 18.0. The van der Waals surface area contributed by atoms with Crippen LogP contribution >= 0.6 is 0 Å². The zero-order valence-electron chi connectivity index (χ0n) is 12.8. The summed E-state index contributed by atoms with van der Waals surface area (Å²) in [6, 6.07) is -0.0612. The predicted octanol–water partition coefficient (Wildman–Crippen LogP) is 1.11. The van der Waals surface area contributed by atoms with Gasteiger partial charge in [0.25, 0.3) is 0 Å². The van der Waals surface area contributed by atoms with Gasteiger partial charge in [-0.25, -0.2) is 4.79 Å². The van der Waals surface area contributed by atoms with Gasteiger partial charge in [0.05, 0.1) is 0 Å². The third kappa shape index (κ3) is 3.93. The van der Waals surface area contributed by atoms with Crippen molar-refractivity contribution in [1.29, 1.82) is 0 Å². The quantitative estimate of drug-likeness (QED) is 0.849. The van der Waals surface area contributed by atoms with Crippen molar-refractivity contribution in [3.63, 3.8) is 0 Å². The molecule has 0 atom stereocenters. The van der Waals surface area contributed by atoms with Crippen LogP contribution in [0.2, 0.25) is 0 Å². The molecule has 2 rings (SSSR count). The van der Waals surface area contributed by atoms with Crippen LogP contribution in [0.4, 0.5) is 4.79 Å². The molecule has 118 valence electrons. The van der Waals surface area contributed by atoms with Crippen molar-refractivity contribution in [3.05, 3.63) is 11.7 Å². The van der Waals surface area contributed by atoms with Crippen molar-refractivity contribution < 1.29 is 14.4 Å². The van der Waals surface area contributed by atoms with Crippen LogP contribution in [-0.4, -0.2) is 52.4 Å². The molecule has 1 aromatic heterocycles. The Bertz CT molecular complexity index is 461. The second-order valence-corrected chi connectivity index (χ2v) is 5.72. The molecule has 1 saturated heterocycles. The number of carbonyl (C=O) groups excluding carboxylic acids is 1. The number of aromatic nitrogens is 2. The molecule has 1 aliphatic heterocycles. The molecule has 0 radical (unpaired) electrons. The fraction of sp³-hybridized carbons (Fsp3) is 0.786. The number of hydrogen-bond acceptors (Lipinski definition) is 5. The third-order valence-electron chi connectivity index (χ3n) is 4.38. The molecular formula is C14H24N4O3. The second-order valence-electron chi connectivity index (χ2n) is 5.72. The van der Waals surface area contributed by atoms with Gasteiger partial charge in [-0.05, 0) is 31.6 Å². The summed E-state index contributed by atoms with van der Waals surface area (Å²) in [6.07, 6.45) is 3.21. The largest absolute Gasteiger partial charge is 0.396 e. The van der Waals surface area contributed by atoms with Crippen LogP contribution in [0.1, 0.15) is 37.9 Å². The van der Waals surface area contributed by atoms with E-state index in [0.717, 1.165) is 19.3 Å². The molecule has 21 heavy (non-hydrogen) atoms. The zero-order valence-corrected chi connectivity index (χ0v) is 12.8. The van der Waals surface area contributed by atoms with Gasteiger partial charge in [0, 0.05) is 32.7 Å². The summed E-state index contributed by atoms with van der Waals surface area (Å²) >= 11 is 0. The number of aliphatic hydroxyl groups is 1. The number of nitrogens with zero attached hydrogens (tertiary/aromatic N) is 3. The molecule has 0 unspecified atom stereocenters. The Kier molecular flexibility index (Phi) is 5.17. The molecule has 2 heterocycles. The van der Waals surface area contributed by atoms with Crippen LogP contribution in [0.25, 0.3) is 0 Å². The van der Waals surface area contributed by atoms with Gasteiger partial charge < -0.3 is 19.8 Å². The van der Waals surface area contributed by atoms with Crippen LogP contribution in [0.3, 0.4) is 0 Å². The maximum absolute atomic E-state index is 12.1. The lowest BCUT2D eigenvalue weighted by Crippen LogP contribution is -2.48. The van der Waals surface area contributed by atoms with Gasteiger partial charge in [-0.15, -0.1) is 0 Å². The van der Waals surface area contributed by atoms with Gasteiger partial charge in [0.2, 0.25) is 5.89 Å². The predicted molar refractivity (Wildman–Crippen MR) is 76.8 cm³/mol. The topological polar surface area (TPSA) is 91.5 Å². The maximum Gasteiger partial charge on any atom is 0.317 e. The lowest BCUT2D eigenvalue weighted by atomic mass is 9.77. The summed E-state index contributed by atoms with van der Waals surface area (Å²) in [5.41, 5.74) is -0.00192. The van der Waals surface area contributed by atoms with Gasteiger partial charge >= 0.3 is 6.03 Å². The monoisotopic (exact) mass is 296 g/mol. The fourth-order valence-electron chi connectivity index (χ4n) is 2.64. The van der Waals surface area contributed by atoms with Crippen LogP contribution < -0.4 is 5.32 Å². The Morgan fingerprint density at radius 1 is 1.48 bits per heavy atom. The highest BCUT2D eigenvalue weighted by atomic mass is 16.5. The number of nitrogens with one attached hydrogen (secondary N) is 1. The van der Waals surface area contributed by atoms with Crippen molar-refractivity contribution in [2.24, 2.45) is 5.41 Å². The average molecular weight is 296 g/mol. The van der Waals surface area contributed by atoms with E-state index in [0.29, 0.717) is 37.8 Å². The van der Waals surface area contributed by atoms with Gasteiger partial charge in [-0.2, -0.15) is 4.98 Å². The molecule has 0 spiro atoms. The minimum Gasteiger partial charge on any atom is -0.396 e. The Morgan fingerprint density at radius 3 is 2.71 bits per heavy atom. The van der Waals surface area contributed by atoms with E-state index in [-0.39, 0.29) is 18.1 Å². The second kappa shape index (κ2) is 6.89. The molecule has 2 amide bonds. The minimum absolute atomic E-state index is 0.00192. The minimum atomic E-state index is -0.0612. The van der Waals surface area contributed by atoms with Gasteiger partial charge in [0.1, 0.15) is 0 Å². The molecule has 0 aromatic carbocycles. The summed E-state index contributed by atoms with van der Waals surface area (Å²) in [5, 5.41) is 16.1. The lowest BCUT2D eigenvalue weighted by Gasteiger charge is -2.40. The van der Waals surface area contributed by atoms with Crippen LogP contribution in [0.5, 0.6) is 0 Å². The summed E-state index contributed by atoms with van der Waals surface area (Å²) in [5.74, 6) is 1.14. The number of rotatable bonds is 5. The van der Waals surface area contributed by atoms with E-state index in [1.54, 1.807) is 6.92 Å². The number of urea groups is 1. The van der Waals surface area contributed by atoms with Crippen molar-refractivity contribution in [2.45, 2.75) is 39.5 Å². The highest BCUT2D eigenvalue weighted by Gasteiger charge is 2.33. The molecule has 7 nitrogen and oxygen atoms in total. The van der Waals surface area contributed by atoms with E-state index in [2.05, 4.69) is 22.4 Å². The SMILES string of the molecule is CCC1(CO)CCN(C(=O)NCCc2nc(C)no2)CC1. The van der Waals surface area contributed by atoms with Gasteiger partial charge in [-0.1, -0.05) is 12.1 Å². The number of aliphatic hydroxyl groups excluding tert-OH is 1. The number of aryl methyl sites for hydroxylation is 1. The molecule has 1 aliphatic rings. The van der Waals surface area contributed by atoms with E-state index in [9.17, 15) is 9.90 Å². The Hall–Kier alpha value is -1.63. The standard InChI is InChI=1S/C14H24N4O3/c1-3-14(10-19)5-8-18(9-6-14)13(20)15-7-4-12-16-11(2)17-21-12/h19H,3-10H2,1-2H3,(H,15,20). The first kappa shape index (κ1) is 15.8. The van der Waals surface area contributed by atoms with Crippen LogP contribution in [0, 0.1) is 12.3 Å². The molecule has 0 saturated carbocycles. The number of likely N-dealkylation sites (tertiary alicyclic amines) is 1. The number of piperidine rings is 1. The van der Waals surface area contributed by atoms with Crippen molar-refractivity contribution in [3.8, 4) is 0 Å². The highest BCUT2D eigenvalue weighted by molar-refractivity contribution is 5.74. The van der Waals surface area contributed by atoms with Crippen LogP contribution in [0.15, 0.2) is 4.52 Å². The summed E-state index contributed by atoms with van der Waals surface area (Å²) < 4.78 is 4.99. The highest BCUT2D eigenvalue weighted by Crippen LogP contribution is 2.34. The van der Waals surface area contributed by atoms with Gasteiger partial charge in [-0.3, -0.25) is 0 Å². The number of carbonyl (C=O) groups is 1. The smallest absolute Gasteiger partial charge is 0.317 e. The van der Waals surface area contributed by atoms with Gasteiger partial charge in [0.15, 0.2) is 5.82 Å². The number of amides is 2. The molecule has 0 aliphatic carbocycles. The van der Waals surface area contributed by atoms with E-state index in [4.69, 9.17) is 4.52 Å². The van der Waals surface area contributed by atoms with Crippen molar-refractivity contribution >= 4 is 6.03 Å². The Morgan fingerprint density at radius 2 is 2.19 bits per heavy atom. The summed E-state index contributed by atoms with van der Waals surface area (Å²) in [6.45, 7) is 5.93. The first-order valence-electron chi connectivity index (χ1n) is 7.51. The Balaban J connectivity index is 1.72. The average Bonchev–Trinajstić information content (AvgIpc) is 2.92. The van der Waals surface area contributed by atoms with Crippen molar-refractivity contribution in [2.75, 3.05) is 26.2 Å². The summed E-state index contributed by atoms with van der Waals surface area (Å²) in [7, 11) is 0. The molecule has 0 bridgehead atoms. The van der Waals surface area contributed by atoms with Crippen LogP contribution in [-0.2, 0) is 6.42 Å². The first-order valence-corrected chi connectivity index (χ1v) is 7.51. The fourth-order valence-corrected chi connectivity index (χ4v) is 2.64. The lowest BCUT2D eigenvalue weighted by molar-refractivity contribution is 0.0520.